The summed E-state index contributed by atoms with van der Waals surface area (Å²) < 4.78 is 0. The van der Waals surface area contributed by atoms with Crippen molar-refractivity contribution in [3.63, 3.8) is 0 Å². The number of carbonyl (C=O) groups is 1. The second-order valence-corrected chi connectivity index (χ2v) is 5.78. The first kappa shape index (κ1) is 15.9. The Morgan fingerprint density at radius 1 is 1.12 bits per heavy atom. The van der Waals surface area contributed by atoms with E-state index in [1.807, 2.05) is 42.5 Å². The normalized spacial score (nSPS) is 10.8. The summed E-state index contributed by atoms with van der Waals surface area (Å²) in [6, 6.07) is 13.2. The molecule has 3 aromatic heterocycles. The lowest BCUT2D eigenvalue weighted by atomic mass is 10.0. The van der Waals surface area contributed by atoms with E-state index in [1.165, 1.54) is 0 Å². The lowest BCUT2D eigenvalue weighted by Crippen LogP contribution is -2.26. The Kier molecular flexibility index (Phi) is 4.34. The van der Waals surface area contributed by atoms with Gasteiger partial charge in [-0.3, -0.25) is 9.78 Å². The summed E-state index contributed by atoms with van der Waals surface area (Å²) >= 11 is 0. The molecule has 4 aromatic rings. The van der Waals surface area contributed by atoms with E-state index in [4.69, 9.17) is 0 Å². The van der Waals surface area contributed by atoms with Crippen LogP contribution >= 0.6 is 0 Å². The second kappa shape index (κ2) is 7.10. The van der Waals surface area contributed by atoms with Crippen LogP contribution in [0.2, 0.25) is 0 Å². The maximum Gasteiger partial charge on any atom is 0.252 e. The van der Waals surface area contributed by atoms with E-state index in [-0.39, 0.29) is 5.91 Å². The van der Waals surface area contributed by atoms with Crippen LogP contribution in [0.4, 0.5) is 0 Å². The van der Waals surface area contributed by atoms with Crippen molar-refractivity contribution < 1.29 is 4.79 Å². The number of hydrogen-bond acceptors (Lipinski definition) is 5. The van der Waals surface area contributed by atoms with Gasteiger partial charge in [-0.15, -0.1) is 0 Å². The molecule has 0 aliphatic carbocycles. The number of pyridine rings is 2. The molecule has 1 aromatic carbocycles. The van der Waals surface area contributed by atoms with Gasteiger partial charge in [0.1, 0.15) is 0 Å². The fourth-order valence-corrected chi connectivity index (χ4v) is 2.77. The van der Waals surface area contributed by atoms with E-state index in [0.29, 0.717) is 18.5 Å². The van der Waals surface area contributed by atoms with Gasteiger partial charge in [0.05, 0.1) is 28.7 Å². The molecule has 4 rings (SSSR count). The molecule has 1 amide bonds. The molecule has 0 bridgehead atoms. The molecule has 3 heterocycles. The highest BCUT2D eigenvalue weighted by atomic mass is 16.1. The maximum atomic E-state index is 12.8. The Morgan fingerprint density at radius 3 is 2.85 bits per heavy atom. The summed E-state index contributed by atoms with van der Waals surface area (Å²) in [7, 11) is 0. The fourth-order valence-electron chi connectivity index (χ4n) is 2.77. The highest BCUT2D eigenvalue weighted by Crippen LogP contribution is 2.24. The van der Waals surface area contributed by atoms with E-state index in [1.54, 1.807) is 18.6 Å². The molecule has 2 N–H and O–H groups in total. The molecule has 0 unspecified atom stereocenters. The first-order valence-corrected chi connectivity index (χ1v) is 8.24. The summed E-state index contributed by atoms with van der Waals surface area (Å²) in [6.07, 6.45) is 5.71. The van der Waals surface area contributed by atoms with Crippen LogP contribution in [0, 0.1) is 0 Å². The van der Waals surface area contributed by atoms with Gasteiger partial charge in [0.2, 0.25) is 0 Å². The number of hydrogen-bond donors (Lipinski definition) is 2. The number of para-hydroxylation sites is 1. The van der Waals surface area contributed by atoms with Crippen molar-refractivity contribution in [2.75, 3.05) is 6.54 Å². The molecular weight excluding hydrogens is 328 g/mol. The SMILES string of the molecule is O=C(NCCc1cn[nH]n1)c1cc(-c2cccnc2)nc2ccccc12. The molecule has 0 spiro atoms. The third-order valence-corrected chi connectivity index (χ3v) is 4.05. The van der Waals surface area contributed by atoms with Crippen LogP contribution < -0.4 is 5.32 Å². The highest BCUT2D eigenvalue weighted by Gasteiger charge is 2.13. The van der Waals surface area contributed by atoms with Gasteiger partial charge in [0.25, 0.3) is 5.91 Å². The number of nitrogens with one attached hydrogen (secondary N) is 2. The maximum absolute atomic E-state index is 12.8. The number of aromatic amines is 1. The van der Waals surface area contributed by atoms with Gasteiger partial charge in [0.15, 0.2) is 0 Å². The topological polar surface area (TPSA) is 96.5 Å². The van der Waals surface area contributed by atoms with Crippen LogP contribution in [-0.2, 0) is 6.42 Å². The molecule has 0 fully saturated rings. The largest absolute Gasteiger partial charge is 0.352 e. The minimum Gasteiger partial charge on any atom is -0.352 e. The number of rotatable bonds is 5. The average molecular weight is 344 g/mol. The molecule has 0 saturated carbocycles. The van der Waals surface area contributed by atoms with Gasteiger partial charge in [0, 0.05) is 36.3 Å². The van der Waals surface area contributed by atoms with E-state index >= 15 is 0 Å². The number of carbonyl (C=O) groups excluding carboxylic acids is 1. The molecular formula is C19H16N6O. The van der Waals surface area contributed by atoms with Gasteiger partial charge in [-0.2, -0.15) is 15.4 Å². The molecule has 0 atom stereocenters. The molecule has 128 valence electrons. The minimum absolute atomic E-state index is 0.141. The highest BCUT2D eigenvalue weighted by molar-refractivity contribution is 6.07. The van der Waals surface area contributed by atoms with Crippen molar-refractivity contribution >= 4 is 16.8 Å². The van der Waals surface area contributed by atoms with E-state index in [0.717, 1.165) is 27.9 Å². The first-order valence-electron chi connectivity index (χ1n) is 8.24. The van der Waals surface area contributed by atoms with Crippen LogP contribution in [0.25, 0.3) is 22.2 Å². The van der Waals surface area contributed by atoms with Crippen LogP contribution in [0.3, 0.4) is 0 Å². The van der Waals surface area contributed by atoms with Gasteiger partial charge < -0.3 is 5.32 Å². The Labute approximate surface area is 149 Å². The smallest absolute Gasteiger partial charge is 0.252 e. The molecule has 7 heteroatoms. The summed E-state index contributed by atoms with van der Waals surface area (Å²) in [5.41, 5.74) is 3.76. The van der Waals surface area contributed by atoms with Gasteiger partial charge in [-0.25, -0.2) is 4.98 Å². The number of amides is 1. The Hall–Kier alpha value is -3.61. The van der Waals surface area contributed by atoms with E-state index in [2.05, 4.69) is 30.7 Å². The van der Waals surface area contributed by atoms with E-state index in [9.17, 15) is 4.79 Å². The number of H-pyrrole nitrogens is 1. The second-order valence-electron chi connectivity index (χ2n) is 5.78. The molecule has 0 radical (unpaired) electrons. The predicted octanol–water partition coefficient (Wildman–Crippen LogP) is 2.39. The van der Waals surface area contributed by atoms with E-state index < -0.39 is 0 Å². The average Bonchev–Trinajstić information content (AvgIpc) is 3.21. The Morgan fingerprint density at radius 2 is 2.04 bits per heavy atom. The number of benzene rings is 1. The zero-order chi connectivity index (χ0) is 17.8. The molecule has 26 heavy (non-hydrogen) atoms. The Balaban J connectivity index is 1.65. The van der Waals surface area contributed by atoms with Gasteiger partial charge >= 0.3 is 0 Å². The van der Waals surface area contributed by atoms with Crippen molar-refractivity contribution in [1.82, 2.24) is 30.7 Å². The lowest BCUT2D eigenvalue weighted by molar-refractivity contribution is 0.0955. The van der Waals surface area contributed by atoms with Gasteiger partial charge in [-0.05, 0) is 24.3 Å². The third kappa shape index (κ3) is 3.27. The zero-order valence-corrected chi connectivity index (χ0v) is 13.9. The quantitative estimate of drug-likeness (QED) is 0.579. The number of nitrogens with zero attached hydrogens (tertiary/aromatic N) is 4. The molecule has 0 aliphatic heterocycles. The third-order valence-electron chi connectivity index (χ3n) is 4.05. The van der Waals surface area contributed by atoms with Crippen molar-refractivity contribution in [3.8, 4) is 11.3 Å². The molecule has 0 aliphatic rings. The molecule has 7 nitrogen and oxygen atoms in total. The summed E-state index contributed by atoms with van der Waals surface area (Å²) in [5.74, 6) is -0.141. The van der Waals surface area contributed by atoms with Crippen molar-refractivity contribution in [2.24, 2.45) is 0 Å². The van der Waals surface area contributed by atoms with Crippen molar-refractivity contribution in [1.29, 1.82) is 0 Å². The standard InChI is InChI=1S/C19H16N6O/c26-19(21-9-7-14-12-22-25-24-14)16-10-18(13-4-3-8-20-11-13)23-17-6-2-1-5-15(16)17/h1-6,8,10-12H,7,9H2,(H,21,26)(H,22,24,25). The van der Waals surface area contributed by atoms with Crippen molar-refractivity contribution in [3.05, 3.63) is 72.3 Å². The van der Waals surface area contributed by atoms with Crippen LogP contribution in [-0.4, -0.2) is 37.8 Å². The molecule has 0 saturated heterocycles. The Bertz CT molecular complexity index is 1030. The summed E-state index contributed by atoms with van der Waals surface area (Å²) in [6.45, 7) is 0.476. The van der Waals surface area contributed by atoms with Crippen LogP contribution in [0.5, 0.6) is 0 Å². The van der Waals surface area contributed by atoms with Crippen LogP contribution in [0.15, 0.2) is 61.1 Å². The minimum atomic E-state index is -0.141. The predicted molar refractivity (Wildman–Crippen MR) is 97.4 cm³/mol. The number of aromatic nitrogens is 5. The summed E-state index contributed by atoms with van der Waals surface area (Å²) in [4.78, 5) is 21.6. The fraction of sp³-hybridized carbons (Fsp3) is 0.105. The summed E-state index contributed by atoms with van der Waals surface area (Å²) in [5, 5.41) is 14.1. The van der Waals surface area contributed by atoms with Crippen molar-refractivity contribution in [2.45, 2.75) is 6.42 Å². The van der Waals surface area contributed by atoms with Gasteiger partial charge in [-0.1, -0.05) is 18.2 Å². The first-order chi connectivity index (χ1) is 12.8. The van der Waals surface area contributed by atoms with Crippen LogP contribution in [0.1, 0.15) is 16.1 Å². The zero-order valence-electron chi connectivity index (χ0n) is 13.9. The number of fused-ring (bicyclic) bond motifs is 1. The lowest BCUT2D eigenvalue weighted by Gasteiger charge is -2.10. The monoisotopic (exact) mass is 344 g/mol.